The number of nitrogens with one attached hydrogen (secondary N) is 2. The van der Waals surface area contributed by atoms with Crippen LogP contribution >= 0.6 is 0 Å². The fraction of sp³-hybridized carbons (Fsp3) is 0.500. The van der Waals surface area contributed by atoms with E-state index in [2.05, 4.69) is 10.6 Å². The van der Waals surface area contributed by atoms with Gasteiger partial charge in [0.2, 0.25) is 5.91 Å². The molecule has 12 heteroatoms. The predicted octanol–water partition coefficient (Wildman–Crippen LogP) is -0.318. The van der Waals surface area contributed by atoms with Crippen LogP contribution in [0.25, 0.3) is 0 Å². The average Bonchev–Trinajstić information content (AvgIpc) is 2.92. The van der Waals surface area contributed by atoms with Gasteiger partial charge in [0.25, 0.3) is 10.0 Å². The van der Waals surface area contributed by atoms with Crippen LogP contribution in [0.2, 0.25) is 0 Å². The minimum atomic E-state index is -4.42. The van der Waals surface area contributed by atoms with Gasteiger partial charge < -0.3 is 16.4 Å². The molecule has 1 saturated heterocycles. The number of hydrogen-bond acceptors (Lipinski definition) is 7. The van der Waals surface area contributed by atoms with E-state index in [1.54, 1.807) is 6.92 Å². The van der Waals surface area contributed by atoms with Crippen LogP contribution in [0.1, 0.15) is 32.6 Å². The van der Waals surface area contributed by atoms with Crippen LogP contribution in [-0.2, 0) is 29.2 Å². The molecule has 4 N–H and O–H groups in total. The van der Waals surface area contributed by atoms with Gasteiger partial charge in [-0.1, -0.05) is 6.92 Å². The first-order valence-electron chi connectivity index (χ1n) is 10.2. The lowest BCUT2D eigenvalue weighted by molar-refractivity contribution is -0.137. The van der Waals surface area contributed by atoms with E-state index >= 15 is 0 Å². The number of primary amides is 1. The molecule has 0 aromatic heterocycles. The van der Waals surface area contributed by atoms with E-state index in [4.69, 9.17) is 5.73 Å². The summed E-state index contributed by atoms with van der Waals surface area (Å²) in [7, 11) is -4.42. The van der Waals surface area contributed by atoms with Gasteiger partial charge in [0.1, 0.15) is 11.9 Å². The molecule has 1 aromatic carbocycles. The molecule has 1 fully saturated rings. The summed E-state index contributed by atoms with van der Waals surface area (Å²) in [5, 5.41) is 5.20. The number of rotatable bonds is 8. The summed E-state index contributed by atoms with van der Waals surface area (Å²) in [6, 6.07) is 2.86. The summed E-state index contributed by atoms with van der Waals surface area (Å²) in [4.78, 5) is 47.5. The van der Waals surface area contributed by atoms with Crippen molar-refractivity contribution in [3.05, 3.63) is 30.1 Å². The third-order valence-corrected chi connectivity index (χ3v) is 6.91. The molecule has 0 aliphatic carbocycles. The summed E-state index contributed by atoms with van der Waals surface area (Å²) in [6.45, 7) is 2.18. The monoisotopic (exact) mass is 470 g/mol. The van der Waals surface area contributed by atoms with E-state index in [9.17, 15) is 32.0 Å². The van der Waals surface area contributed by atoms with Gasteiger partial charge in [-0.25, -0.2) is 17.1 Å². The highest BCUT2D eigenvalue weighted by molar-refractivity contribution is 7.89. The van der Waals surface area contributed by atoms with Crippen molar-refractivity contribution in [2.75, 3.05) is 19.6 Å². The fourth-order valence-electron chi connectivity index (χ4n) is 3.36. The molecule has 0 spiro atoms. The average molecular weight is 471 g/mol. The second-order valence-corrected chi connectivity index (χ2v) is 9.48. The zero-order valence-electron chi connectivity index (χ0n) is 17.7. The number of sulfonamides is 1. The minimum absolute atomic E-state index is 0.0627. The van der Waals surface area contributed by atoms with Crippen LogP contribution in [0.3, 0.4) is 0 Å². The van der Waals surface area contributed by atoms with Gasteiger partial charge >= 0.3 is 11.8 Å². The second-order valence-electron chi connectivity index (χ2n) is 7.67. The second kappa shape index (κ2) is 11.1. The molecule has 0 bridgehead atoms. The Hall–Kier alpha value is -2.86. The van der Waals surface area contributed by atoms with Crippen molar-refractivity contribution in [1.29, 1.82) is 0 Å². The van der Waals surface area contributed by atoms with Crippen LogP contribution < -0.4 is 16.4 Å². The smallest absolute Gasteiger partial charge is 0.309 e. The van der Waals surface area contributed by atoms with Crippen molar-refractivity contribution in [2.24, 2.45) is 11.7 Å². The summed E-state index contributed by atoms with van der Waals surface area (Å²) in [5.41, 5.74) is 4.86. The van der Waals surface area contributed by atoms with Crippen molar-refractivity contribution < 1.29 is 32.0 Å². The van der Waals surface area contributed by atoms with E-state index in [0.29, 0.717) is 17.3 Å². The largest absolute Gasteiger partial charge is 0.361 e. The fourth-order valence-corrected chi connectivity index (χ4v) is 4.97. The van der Waals surface area contributed by atoms with E-state index < -0.39 is 45.4 Å². The Morgan fingerprint density at radius 1 is 1.28 bits per heavy atom. The number of nitrogens with two attached hydrogens (primary N) is 1. The van der Waals surface area contributed by atoms with Crippen molar-refractivity contribution in [3.63, 3.8) is 0 Å². The van der Waals surface area contributed by atoms with Gasteiger partial charge in [0.15, 0.2) is 5.78 Å². The van der Waals surface area contributed by atoms with Gasteiger partial charge in [-0.2, -0.15) is 0 Å². The van der Waals surface area contributed by atoms with E-state index in [1.165, 1.54) is 0 Å². The molecular weight excluding hydrogens is 443 g/mol. The molecule has 176 valence electrons. The van der Waals surface area contributed by atoms with Crippen molar-refractivity contribution >= 4 is 33.5 Å². The molecule has 32 heavy (non-hydrogen) atoms. The Morgan fingerprint density at radius 3 is 2.56 bits per heavy atom. The normalized spacial score (nSPS) is 17.8. The zero-order valence-corrected chi connectivity index (χ0v) is 18.5. The van der Waals surface area contributed by atoms with Crippen molar-refractivity contribution in [2.45, 2.75) is 43.5 Å². The lowest BCUT2D eigenvalue weighted by Gasteiger charge is -2.30. The maximum Gasteiger partial charge on any atom is 0.309 e. The molecule has 1 aromatic rings. The lowest BCUT2D eigenvalue weighted by atomic mass is 10.0. The number of ketones is 1. The van der Waals surface area contributed by atoms with Crippen LogP contribution in [-0.4, -0.2) is 61.9 Å². The minimum Gasteiger partial charge on any atom is -0.361 e. The Labute approximate surface area is 185 Å². The van der Waals surface area contributed by atoms with Crippen molar-refractivity contribution in [1.82, 2.24) is 14.9 Å². The molecule has 0 saturated carbocycles. The van der Waals surface area contributed by atoms with Crippen LogP contribution in [0.15, 0.2) is 29.2 Å². The molecule has 2 atom stereocenters. The van der Waals surface area contributed by atoms with Crippen LogP contribution in [0, 0.1) is 11.7 Å². The van der Waals surface area contributed by atoms with Gasteiger partial charge in [0.05, 0.1) is 11.4 Å². The number of hydrogen-bond donors (Lipinski definition) is 3. The number of benzene rings is 1. The molecule has 1 aliphatic heterocycles. The highest BCUT2D eigenvalue weighted by Crippen LogP contribution is 2.25. The number of amides is 3. The van der Waals surface area contributed by atoms with Crippen LogP contribution in [0.5, 0.6) is 0 Å². The molecule has 10 nitrogen and oxygen atoms in total. The predicted molar refractivity (Wildman–Crippen MR) is 112 cm³/mol. The third-order valence-electron chi connectivity index (χ3n) is 5.07. The van der Waals surface area contributed by atoms with Crippen LogP contribution in [0.4, 0.5) is 4.39 Å². The Balaban J connectivity index is 2.24. The maximum absolute atomic E-state index is 13.3. The van der Waals surface area contributed by atoms with E-state index in [0.717, 1.165) is 24.3 Å². The SMILES string of the molecule is C[C@@H](CCNC(=O)C(N)=O)CC(=O)N(C1CCCNCC1=O)S(=O)(=O)c1ccc(F)cc1. The standard InChI is InChI=1S/C20H27FN4O6S/c1-13(8-10-24-20(29)19(22)28)11-18(27)25(16-3-2-9-23-12-17(16)26)32(30,31)15-6-4-14(21)5-7-15/h4-7,13,16,23H,2-3,8-12H2,1H3,(H2,22,28)(H,24,29)/t13-,16?/m0/s1. The van der Waals surface area contributed by atoms with E-state index in [-0.39, 0.29) is 43.2 Å². The molecule has 2 rings (SSSR count). The number of carbonyl (C=O) groups excluding carboxylic acids is 4. The summed E-state index contributed by atoms with van der Waals surface area (Å²) < 4.78 is 40.5. The lowest BCUT2D eigenvalue weighted by Crippen LogP contribution is -2.50. The Morgan fingerprint density at radius 2 is 1.94 bits per heavy atom. The molecule has 1 aliphatic rings. The highest BCUT2D eigenvalue weighted by atomic mass is 32.2. The first kappa shape index (κ1) is 25.4. The summed E-state index contributed by atoms with van der Waals surface area (Å²) in [5.74, 6) is -4.30. The van der Waals surface area contributed by atoms with Gasteiger partial charge in [0, 0.05) is 13.0 Å². The number of carbonyl (C=O) groups is 4. The summed E-state index contributed by atoms with van der Waals surface area (Å²) >= 11 is 0. The van der Waals surface area contributed by atoms with Crippen molar-refractivity contribution in [3.8, 4) is 0 Å². The third kappa shape index (κ3) is 6.57. The number of Topliss-reactive ketones (excluding diaryl/α,β-unsaturated/α-hetero) is 1. The van der Waals surface area contributed by atoms with Gasteiger partial charge in [-0.05, 0) is 56.0 Å². The molecular formula is C20H27FN4O6S. The Bertz CT molecular complexity index is 967. The first-order valence-corrected chi connectivity index (χ1v) is 11.6. The zero-order chi connectivity index (χ0) is 23.9. The molecule has 1 unspecified atom stereocenters. The quantitative estimate of drug-likeness (QED) is 0.440. The Kier molecular flexibility index (Phi) is 8.84. The topological polar surface area (TPSA) is 156 Å². The maximum atomic E-state index is 13.3. The molecule has 3 amide bonds. The first-order chi connectivity index (χ1) is 15.0. The van der Waals surface area contributed by atoms with Gasteiger partial charge in [-0.15, -0.1) is 0 Å². The van der Waals surface area contributed by atoms with E-state index in [1.807, 2.05) is 0 Å². The highest BCUT2D eigenvalue weighted by Gasteiger charge is 2.39. The molecule has 1 heterocycles. The summed E-state index contributed by atoms with van der Waals surface area (Å²) in [6.07, 6.45) is 0.717. The number of halogens is 1. The molecule has 0 radical (unpaired) electrons. The van der Waals surface area contributed by atoms with Gasteiger partial charge in [-0.3, -0.25) is 19.2 Å². The number of nitrogens with zero attached hydrogens (tertiary/aromatic N) is 1.